The minimum absolute atomic E-state index is 0.0434. The van der Waals surface area contributed by atoms with Crippen molar-refractivity contribution in [1.82, 2.24) is 51.0 Å². The van der Waals surface area contributed by atoms with Crippen molar-refractivity contribution < 1.29 is 39.2 Å². The number of aromatic hydroxyl groups is 1. The number of phenolic OH excluding ortho intramolecular Hbond substituents is 1. The molecule has 23 nitrogen and oxygen atoms in total. The average molecular weight is 1110 g/mol. The highest BCUT2D eigenvalue weighted by molar-refractivity contribution is 6.09. The number of anilines is 2. The third kappa shape index (κ3) is 8.86. The number of nitrogens with zero attached hydrogens (tertiary/aromatic N) is 8. The Balaban J connectivity index is 0.820. The number of aromatic nitrogens is 4. The van der Waals surface area contributed by atoms with Gasteiger partial charge in [-0.2, -0.15) is 0 Å². The van der Waals surface area contributed by atoms with Crippen LogP contribution in [-0.4, -0.2) is 137 Å². The second kappa shape index (κ2) is 19.9. The Morgan fingerprint density at radius 1 is 0.671 bits per heavy atom. The molecule has 8 heterocycles. The third-order valence-corrected chi connectivity index (χ3v) is 17.7. The molecule has 14 rings (SSSR count). The lowest BCUT2D eigenvalue weighted by atomic mass is 9.78. The molecular formula is C59H56N14O9. The lowest BCUT2D eigenvalue weighted by Crippen LogP contribution is -2.74. The summed E-state index contributed by atoms with van der Waals surface area (Å²) in [5.74, 6) is -3.33. The number of nitro benzene ring substituents is 1. The van der Waals surface area contributed by atoms with Gasteiger partial charge in [0.1, 0.15) is 23.5 Å². The molecule has 0 radical (unpaired) electrons. The summed E-state index contributed by atoms with van der Waals surface area (Å²) in [6.45, 7) is 3.35. The number of non-ortho nitro benzene ring substituents is 1. The zero-order chi connectivity index (χ0) is 56.2. The molecule has 5 amide bonds. The number of phenols is 1. The fourth-order valence-electron chi connectivity index (χ4n) is 13.3. The summed E-state index contributed by atoms with van der Waals surface area (Å²) >= 11 is 0. The molecule has 7 atom stereocenters. The van der Waals surface area contributed by atoms with E-state index in [1.807, 2.05) is 36.4 Å². The van der Waals surface area contributed by atoms with Gasteiger partial charge >= 0.3 is 0 Å². The number of hydrogen-bond donors (Lipinski definition) is 8. The zero-order valence-electron chi connectivity index (χ0n) is 44.5. The van der Waals surface area contributed by atoms with Crippen molar-refractivity contribution in [3.8, 4) is 28.5 Å². The van der Waals surface area contributed by atoms with E-state index < -0.39 is 76.0 Å². The Labute approximate surface area is 467 Å². The maximum absolute atomic E-state index is 14.4. The molecule has 7 aliphatic rings. The van der Waals surface area contributed by atoms with Crippen LogP contribution in [0.4, 0.5) is 17.1 Å². The Bertz CT molecular complexity index is 4000. The second-order valence-electron chi connectivity index (χ2n) is 22.7. The van der Waals surface area contributed by atoms with Gasteiger partial charge < -0.3 is 36.5 Å². The maximum atomic E-state index is 14.4. The minimum atomic E-state index is -0.930. The van der Waals surface area contributed by atoms with Gasteiger partial charge in [0.2, 0.25) is 17.7 Å². The fourth-order valence-corrected chi connectivity index (χ4v) is 13.3. The predicted molar refractivity (Wildman–Crippen MR) is 301 cm³/mol. The second-order valence-corrected chi connectivity index (χ2v) is 22.7. The first-order valence-electron chi connectivity index (χ1n) is 27.9. The van der Waals surface area contributed by atoms with Gasteiger partial charge in [0.15, 0.2) is 11.4 Å². The van der Waals surface area contributed by atoms with Gasteiger partial charge in [-0.05, 0) is 152 Å². The summed E-state index contributed by atoms with van der Waals surface area (Å²) in [5.41, 5.74) is 6.26. The van der Waals surface area contributed by atoms with Crippen LogP contribution in [0.5, 0.6) is 5.75 Å². The van der Waals surface area contributed by atoms with Gasteiger partial charge in [0, 0.05) is 49.0 Å². The van der Waals surface area contributed by atoms with Crippen molar-refractivity contribution in [2.24, 2.45) is 17.0 Å². The largest absolute Gasteiger partial charge is 0.505 e. The van der Waals surface area contributed by atoms with Crippen molar-refractivity contribution in [2.45, 2.75) is 95.2 Å². The lowest BCUT2D eigenvalue weighted by Gasteiger charge is -2.51. The van der Waals surface area contributed by atoms with E-state index >= 15 is 0 Å². The first-order chi connectivity index (χ1) is 39.7. The number of amides is 5. The Hall–Kier alpha value is -9.06. The first kappa shape index (κ1) is 51.1. The van der Waals surface area contributed by atoms with Crippen LogP contribution in [0.1, 0.15) is 82.1 Å². The zero-order valence-corrected chi connectivity index (χ0v) is 44.5. The van der Waals surface area contributed by atoms with Crippen molar-refractivity contribution in [1.29, 1.82) is 0 Å². The molecule has 7 unspecified atom stereocenters. The topological polar surface area (TPSA) is 312 Å². The summed E-state index contributed by atoms with van der Waals surface area (Å²) in [7, 11) is 0. The van der Waals surface area contributed by atoms with Crippen LogP contribution < -0.4 is 31.9 Å². The van der Waals surface area contributed by atoms with Crippen LogP contribution in [0.3, 0.4) is 0 Å². The van der Waals surface area contributed by atoms with Crippen LogP contribution in [0.2, 0.25) is 0 Å². The normalized spacial score (nSPS) is 25.2. The number of benzene rings is 3. The van der Waals surface area contributed by atoms with Gasteiger partial charge in [-0.15, -0.1) is 0 Å². The average Bonchev–Trinajstić information content (AvgIpc) is 3.32. The molecule has 3 aliphatic carbocycles. The number of piperidine rings is 1. The molecule has 416 valence electrons. The van der Waals surface area contributed by atoms with Gasteiger partial charge in [-0.25, -0.2) is 19.9 Å². The van der Waals surface area contributed by atoms with Crippen LogP contribution in [0, 0.1) is 22.0 Å². The van der Waals surface area contributed by atoms with E-state index in [1.54, 1.807) is 36.1 Å². The van der Waals surface area contributed by atoms with E-state index in [9.17, 15) is 44.4 Å². The number of hydrogen-bond acceptors (Lipinski definition) is 17. The van der Waals surface area contributed by atoms with Crippen molar-refractivity contribution in [3.05, 3.63) is 116 Å². The third-order valence-electron chi connectivity index (χ3n) is 17.7. The number of nitrogens with one attached hydrogen (secondary N) is 6. The molecule has 8 N–H and O–H groups in total. The predicted octanol–water partition coefficient (Wildman–Crippen LogP) is 5.08. The van der Waals surface area contributed by atoms with E-state index in [0.29, 0.717) is 123 Å². The number of rotatable bonds is 1. The molecule has 4 fully saturated rings. The molecule has 4 aliphatic heterocycles. The van der Waals surface area contributed by atoms with Gasteiger partial charge in [0.05, 0.1) is 68.4 Å². The number of carbonyl (C=O) groups excluding carboxylic acids is 5. The standard InChI is InChI=1S/C59H56N14O9/c1-27-54(75)61-37-12-8-28-9-13-38(22-35(28)21-37)62-55(76)34-3-2-17-71(26-34)58(79)43-15-10-29-4-5-30-19-36-20-31-6-7-32-23-39-44(73(81)82)24-40(52(74)50(39)66-46(32)48(31)68-53(36)67-47(30)45(29)63-43)56(77)64-41-14-11-33-25-72-18-16-42(57(78)60-27)65-59(72)69-49(33)51(41)70-80/h8-10,12-13,15,19-24,27,33-34,41-42,49,59,65,69,74,80H,2-7,11,14,16-18,25-26H2,1H3,(H,60,78)(H,61,75)(H,62,76)(H,64,77)/b70-51+. The van der Waals surface area contributed by atoms with E-state index in [4.69, 9.17) is 19.9 Å². The monoisotopic (exact) mass is 1100 g/mol. The lowest BCUT2D eigenvalue weighted by molar-refractivity contribution is -0.383. The quantitative estimate of drug-likeness (QED) is 0.0604. The van der Waals surface area contributed by atoms with Gasteiger partial charge in [-0.3, -0.25) is 49.6 Å². The number of fused-ring (bicyclic) bond motifs is 8. The van der Waals surface area contributed by atoms with Crippen LogP contribution in [-0.2, 0) is 40.1 Å². The van der Waals surface area contributed by atoms with E-state index in [1.165, 1.54) is 0 Å². The number of nitro groups is 1. The molecule has 3 aromatic carbocycles. The number of oxime groups is 1. The van der Waals surface area contributed by atoms with E-state index in [2.05, 4.69) is 48.0 Å². The van der Waals surface area contributed by atoms with Crippen molar-refractivity contribution >= 4 is 85.0 Å². The Kier molecular flexibility index (Phi) is 12.4. The molecule has 82 heavy (non-hydrogen) atoms. The highest BCUT2D eigenvalue weighted by Crippen LogP contribution is 2.42. The SMILES string of the molecule is CC1NC(=O)C2CCN3CC4CCC(NC(=O)c5cc([N+](=O)[O-])c6cc7c(nc6c5O)-c5nc6nc8c(cc6cc5CC7)CCc5ccc(nc5-8)C(=O)N5CCCC(C5)C(=O)Nc5ccc6ccc(cc6c5)NC1=O)/C(=N\O)C4NC3N2. The highest BCUT2D eigenvalue weighted by Gasteiger charge is 2.46. The minimum Gasteiger partial charge on any atom is -0.505 e. The smallest absolute Gasteiger partial charge is 0.279 e. The van der Waals surface area contributed by atoms with Crippen molar-refractivity contribution in [2.75, 3.05) is 36.8 Å². The molecule has 4 aromatic heterocycles. The molecule has 0 spiro atoms. The molecule has 7 aromatic rings. The van der Waals surface area contributed by atoms with Crippen LogP contribution in [0.25, 0.3) is 55.5 Å². The van der Waals surface area contributed by atoms with Gasteiger partial charge in [0.25, 0.3) is 17.5 Å². The molecular weight excluding hydrogens is 1050 g/mol. The summed E-state index contributed by atoms with van der Waals surface area (Å²) in [4.78, 5) is 106. The number of pyridine rings is 4. The van der Waals surface area contributed by atoms with Gasteiger partial charge in [-0.1, -0.05) is 23.4 Å². The van der Waals surface area contributed by atoms with Crippen LogP contribution >= 0.6 is 0 Å². The first-order valence-corrected chi connectivity index (χ1v) is 27.9. The number of aryl methyl sites for hydroxylation is 4. The number of carbonyl (C=O) groups is 5. The van der Waals surface area contributed by atoms with Crippen molar-refractivity contribution in [3.63, 3.8) is 0 Å². The summed E-state index contributed by atoms with van der Waals surface area (Å²) < 4.78 is 0. The molecule has 17 bridgehead atoms. The summed E-state index contributed by atoms with van der Waals surface area (Å²) in [6, 6.07) is 18.3. The fraction of sp³-hybridized carbons (Fsp3) is 0.356. The Morgan fingerprint density at radius 2 is 1.37 bits per heavy atom. The molecule has 1 saturated carbocycles. The summed E-state index contributed by atoms with van der Waals surface area (Å²) in [6.07, 6.45) is 4.41. The Morgan fingerprint density at radius 3 is 2.10 bits per heavy atom. The highest BCUT2D eigenvalue weighted by atomic mass is 16.6. The molecule has 3 saturated heterocycles. The van der Waals surface area contributed by atoms with E-state index in [-0.39, 0.29) is 46.6 Å². The summed E-state index contributed by atoms with van der Waals surface area (Å²) in [5, 5.41) is 60.1. The van der Waals surface area contributed by atoms with Crippen LogP contribution in [0.15, 0.2) is 78.0 Å². The molecule has 23 heteroatoms. The van der Waals surface area contributed by atoms with E-state index in [0.717, 1.165) is 38.9 Å². The maximum Gasteiger partial charge on any atom is 0.279 e.